The van der Waals surface area contributed by atoms with E-state index in [0.717, 1.165) is 17.1 Å². The van der Waals surface area contributed by atoms with Gasteiger partial charge >= 0.3 is 11.7 Å². The lowest BCUT2D eigenvalue weighted by molar-refractivity contribution is -0.384. The summed E-state index contributed by atoms with van der Waals surface area (Å²) in [7, 11) is 0. The van der Waals surface area contributed by atoms with Gasteiger partial charge in [-0.1, -0.05) is 0 Å². The average molecular weight is 234 g/mol. The fourth-order valence-corrected chi connectivity index (χ4v) is 1.21. The molecule has 0 saturated heterocycles. The third-order valence-electron chi connectivity index (χ3n) is 2.01. The average Bonchev–Trinajstić information content (AvgIpc) is 2.78. The second-order valence-corrected chi connectivity index (χ2v) is 3.11. The van der Waals surface area contributed by atoms with E-state index in [9.17, 15) is 14.9 Å². The molecule has 8 nitrogen and oxygen atoms in total. The molecule has 0 spiro atoms. The van der Waals surface area contributed by atoms with Crippen LogP contribution in [0.5, 0.6) is 0 Å². The molecule has 0 aliphatic carbocycles. The predicted octanol–water partition coefficient (Wildman–Crippen LogP) is 0.874. The molecule has 0 fully saturated rings. The first kappa shape index (κ1) is 10.7. The Kier molecular flexibility index (Phi) is 2.53. The molecule has 0 bridgehead atoms. The maximum atomic E-state index is 10.7. The van der Waals surface area contributed by atoms with Crippen molar-refractivity contribution in [2.75, 3.05) is 0 Å². The normalized spacial score (nSPS) is 10.1. The number of aromatic carboxylic acids is 1. The molecule has 2 rings (SSSR count). The summed E-state index contributed by atoms with van der Waals surface area (Å²) < 4.78 is 1.14. The third kappa shape index (κ3) is 2.09. The van der Waals surface area contributed by atoms with Crippen molar-refractivity contribution in [2.45, 2.75) is 0 Å². The van der Waals surface area contributed by atoms with E-state index in [1.807, 2.05) is 0 Å². The van der Waals surface area contributed by atoms with Crippen LogP contribution in [-0.2, 0) is 0 Å². The number of hydrogen-bond donors (Lipinski definition) is 1. The van der Waals surface area contributed by atoms with Crippen LogP contribution in [0.4, 0.5) is 5.69 Å². The molecule has 0 aliphatic heterocycles. The van der Waals surface area contributed by atoms with E-state index < -0.39 is 10.9 Å². The van der Waals surface area contributed by atoms with Gasteiger partial charge in [-0.15, -0.1) is 0 Å². The summed E-state index contributed by atoms with van der Waals surface area (Å²) in [5, 5.41) is 23.0. The molecule has 0 saturated carbocycles. The third-order valence-corrected chi connectivity index (χ3v) is 2.01. The fourth-order valence-electron chi connectivity index (χ4n) is 1.21. The number of aromatic nitrogens is 3. The fraction of sp³-hybridized carbons (Fsp3) is 0. The van der Waals surface area contributed by atoms with Gasteiger partial charge in [-0.25, -0.2) is 14.5 Å². The summed E-state index contributed by atoms with van der Waals surface area (Å²) >= 11 is 0. The van der Waals surface area contributed by atoms with E-state index in [1.165, 1.54) is 18.3 Å². The van der Waals surface area contributed by atoms with Gasteiger partial charge in [0.1, 0.15) is 12.4 Å². The van der Waals surface area contributed by atoms with Crippen LogP contribution < -0.4 is 0 Å². The molecule has 2 heterocycles. The Bertz CT molecular complexity index is 592. The van der Waals surface area contributed by atoms with Crippen LogP contribution in [0.1, 0.15) is 10.4 Å². The van der Waals surface area contributed by atoms with Crippen LogP contribution in [0.2, 0.25) is 0 Å². The first-order chi connectivity index (χ1) is 8.08. The van der Waals surface area contributed by atoms with E-state index >= 15 is 0 Å². The van der Waals surface area contributed by atoms with Gasteiger partial charge in [0.05, 0.1) is 10.5 Å². The molecule has 2 aromatic rings. The number of pyridine rings is 1. The van der Waals surface area contributed by atoms with Crippen molar-refractivity contribution in [3.63, 3.8) is 0 Å². The molecule has 86 valence electrons. The highest BCUT2D eigenvalue weighted by atomic mass is 16.6. The smallest absolute Gasteiger partial charge is 0.335 e. The summed E-state index contributed by atoms with van der Waals surface area (Å²) in [6, 6.07) is 2.60. The number of nitrogens with zero attached hydrogens (tertiary/aromatic N) is 4. The second-order valence-electron chi connectivity index (χ2n) is 3.11. The highest BCUT2D eigenvalue weighted by Gasteiger charge is 2.11. The van der Waals surface area contributed by atoms with E-state index in [0.29, 0.717) is 0 Å². The number of carbonyl (C=O) groups is 1. The maximum absolute atomic E-state index is 10.7. The number of hydrogen-bond acceptors (Lipinski definition) is 5. The van der Waals surface area contributed by atoms with Gasteiger partial charge in [-0.2, -0.15) is 5.10 Å². The molecule has 0 atom stereocenters. The zero-order chi connectivity index (χ0) is 12.4. The van der Waals surface area contributed by atoms with Gasteiger partial charge in [-0.3, -0.25) is 10.1 Å². The van der Waals surface area contributed by atoms with Crippen LogP contribution in [0.3, 0.4) is 0 Å². The first-order valence-corrected chi connectivity index (χ1v) is 4.47. The number of nitro groups is 1. The molecule has 0 amide bonds. The van der Waals surface area contributed by atoms with E-state index in [2.05, 4.69) is 10.1 Å². The van der Waals surface area contributed by atoms with E-state index in [-0.39, 0.29) is 17.1 Å². The summed E-state index contributed by atoms with van der Waals surface area (Å²) in [6.07, 6.45) is 3.52. The number of carboxylic acids is 1. The standard InChI is InChI=1S/C9H6N4O4/c14-9(15)6-1-2-10-8(3-6)12-5-7(4-11-12)13(16)17/h1-5H,(H,14,15). The summed E-state index contributed by atoms with van der Waals surface area (Å²) in [5.74, 6) is -0.895. The Labute approximate surface area is 94.3 Å². The van der Waals surface area contributed by atoms with Gasteiger partial charge in [0.15, 0.2) is 5.82 Å². The van der Waals surface area contributed by atoms with Gasteiger partial charge in [-0.05, 0) is 12.1 Å². The van der Waals surface area contributed by atoms with Crippen molar-refractivity contribution in [1.29, 1.82) is 0 Å². The zero-order valence-corrected chi connectivity index (χ0v) is 8.35. The monoisotopic (exact) mass is 234 g/mol. The predicted molar refractivity (Wildman–Crippen MR) is 55.0 cm³/mol. The highest BCUT2D eigenvalue weighted by Crippen LogP contribution is 2.12. The Morgan fingerprint density at radius 2 is 2.29 bits per heavy atom. The van der Waals surface area contributed by atoms with Crippen molar-refractivity contribution < 1.29 is 14.8 Å². The second kappa shape index (κ2) is 4.00. The quantitative estimate of drug-likeness (QED) is 0.623. The Balaban J connectivity index is 2.42. The molecule has 2 aromatic heterocycles. The molecule has 1 N–H and O–H groups in total. The van der Waals surface area contributed by atoms with Crippen molar-refractivity contribution in [3.8, 4) is 5.82 Å². The molecule has 0 aliphatic rings. The lowest BCUT2D eigenvalue weighted by Crippen LogP contribution is -2.02. The van der Waals surface area contributed by atoms with E-state index in [4.69, 9.17) is 5.11 Å². The lowest BCUT2D eigenvalue weighted by Gasteiger charge is -1.99. The minimum Gasteiger partial charge on any atom is -0.478 e. The number of rotatable bonds is 3. The van der Waals surface area contributed by atoms with Crippen molar-refractivity contribution >= 4 is 11.7 Å². The Hall–Kier alpha value is -2.77. The molecule has 0 aromatic carbocycles. The van der Waals surface area contributed by atoms with Crippen LogP contribution in [0.25, 0.3) is 5.82 Å². The van der Waals surface area contributed by atoms with Crippen molar-refractivity contribution in [3.05, 3.63) is 46.4 Å². The van der Waals surface area contributed by atoms with Gasteiger partial charge in [0.25, 0.3) is 0 Å². The molecule has 0 radical (unpaired) electrons. The van der Waals surface area contributed by atoms with Crippen LogP contribution in [0, 0.1) is 10.1 Å². The highest BCUT2D eigenvalue weighted by molar-refractivity contribution is 5.87. The van der Waals surface area contributed by atoms with Gasteiger partial charge in [0.2, 0.25) is 0 Å². The molecular weight excluding hydrogens is 228 g/mol. The van der Waals surface area contributed by atoms with Crippen molar-refractivity contribution in [1.82, 2.24) is 14.8 Å². The zero-order valence-electron chi connectivity index (χ0n) is 8.35. The largest absolute Gasteiger partial charge is 0.478 e. The number of carboxylic acid groups (broad SMARTS) is 1. The van der Waals surface area contributed by atoms with Crippen molar-refractivity contribution in [2.24, 2.45) is 0 Å². The SMILES string of the molecule is O=C(O)c1ccnc(-n2cc([N+](=O)[O-])cn2)c1. The minimum atomic E-state index is -1.10. The molecule has 17 heavy (non-hydrogen) atoms. The van der Waals surface area contributed by atoms with Crippen LogP contribution in [-0.4, -0.2) is 30.8 Å². The maximum Gasteiger partial charge on any atom is 0.335 e. The van der Waals surface area contributed by atoms with E-state index in [1.54, 1.807) is 0 Å². The first-order valence-electron chi connectivity index (χ1n) is 4.47. The molecule has 8 heteroatoms. The van der Waals surface area contributed by atoms with Gasteiger partial charge in [0, 0.05) is 6.20 Å². The summed E-state index contributed by atoms with van der Waals surface area (Å²) in [5.41, 5.74) is -0.152. The molecular formula is C9H6N4O4. The summed E-state index contributed by atoms with van der Waals surface area (Å²) in [4.78, 5) is 24.5. The topological polar surface area (TPSA) is 111 Å². The van der Waals surface area contributed by atoms with Crippen LogP contribution >= 0.6 is 0 Å². The Morgan fingerprint density at radius 3 is 2.88 bits per heavy atom. The van der Waals surface area contributed by atoms with Gasteiger partial charge < -0.3 is 5.11 Å². The molecule has 0 unspecified atom stereocenters. The summed E-state index contributed by atoms with van der Waals surface area (Å²) in [6.45, 7) is 0. The Morgan fingerprint density at radius 1 is 1.53 bits per heavy atom. The minimum absolute atomic E-state index is 0.0353. The lowest BCUT2D eigenvalue weighted by atomic mass is 10.3. The van der Waals surface area contributed by atoms with Crippen LogP contribution in [0.15, 0.2) is 30.7 Å².